The SMILES string of the molecule is Oc1cccc(CN2CCN(C(=S)Nc3ccc(F)c(Cl)c3)CC2)c1. The zero-order valence-corrected chi connectivity index (χ0v) is 15.2. The third kappa shape index (κ3) is 4.81. The number of nitrogens with one attached hydrogen (secondary N) is 1. The third-order valence-electron chi connectivity index (χ3n) is 4.15. The summed E-state index contributed by atoms with van der Waals surface area (Å²) in [5.74, 6) is -0.154. The van der Waals surface area contributed by atoms with Gasteiger partial charge in [-0.05, 0) is 48.1 Å². The molecule has 0 amide bonds. The molecule has 0 aliphatic carbocycles. The quantitative estimate of drug-likeness (QED) is 0.795. The second kappa shape index (κ2) is 7.99. The molecule has 4 nitrogen and oxygen atoms in total. The van der Waals surface area contributed by atoms with Crippen molar-refractivity contribution in [3.63, 3.8) is 0 Å². The molecule has 1 aliphatic heterocycles. The van der Waals surface area contributed by atoms with Crippen LogP contribution in [-0.4, -0.2) is 46.2 Å². The second-order valence-electron chi connectivity index (χ2n) is 5.99. The van der Waals surface area contributed by atoms with Crippen LogP contribution in [-0.2, 0) is 6.54 Å². The van der Waals surface area contributed by atoms with Gasteiger partial charge in [0.1, 0.15) is 11.6 Å². The molecule has 2 N–H and O–H groups in total. The molecule has 0 radical (unpaired) electrons. The van der Waals surface area contributed by atoms with E-state index in [1.165, 1.54) is 12.1 Å². The number of anilines is 1. The van der Waals surface area contributed by atoms with Crippen molar-refractivity contribution in [2.45, 2.75) is 6.54 Å². The van der Waals surface area contributed by atoms with Crippen molar-refractivity contribution in [3.05, 3.63) is 58.9 Å². The van der Waals surface area contributed by atoms with Gasteiger partial charge < -0.3 is 15.3 Å². The molecule has 0 spiro atoms. The number of hydrogen-bond acceptors (Lipinski definition) is 3. The lowest BCUT2D eigenvalue weighted by Crippen LogP contribution is -2.49. The molecule has 0 unspecified atom stereocenters. The Morgan fingerprint density at radius 1 is 1.16 bits per heavy atom. The molecule has 1 fully saturated rings. The number of aromatic hydroxyl groups is 1. The molecule has 0 aromatic heterocycles. The van der Waals surface area contributed by atoms with Crippen LogP contribution in [0.15, 0.2) is 42.5 Å². The Hall–Kier alpha value is -1.89. The molecule has 0 bridgehead atoms. The Bertz CT molecular complexity index is 766. The molecule has 1 saturated heterocycles. The van der Waals surface area contributed by atoms with Crippen LogP contribution in [0.5, 0.6) is 5.75 Å². The molecule has 132 valence electrons. The summed E-state index contributed by atoms with van der Waals surface area (Å²) in [7, 11) is 0. The zero-order valence-electron chi connectivity index (χ0n) is 13.6. The molecular formula is C18H19ClFN3OS. The van der Waals surface area contributed by atoms with Gasteiger partial charge in [-0.3, -0.25) is 4.90 Å². The van der Waals surface area contributed by atoms with E-state index in [9.17, 15) is 9.50 Å². The number of rotatable bonds is 3. The van der Waals surface area contributed by atoms with Crippen LogP contribution in [0, 0.1) is 5.82 Å². The average molecular weight is 380 g/mol. The first-order valence-corrected chi connectivity index (χ1v) is 8.81. The molecule has 0 atom stereocenters. The Kier molecular flexibility index (Phi) is 5.73. The van der Waals surface area contributed by atoms with Crippen LogP contribution in [0.4, 0.5) is 10.1 Å². The number of phenolic OH excluding ortho intramolecular Hbond substituents is 1. The molecule has 7 heteroatoms. The molecule has 1 aliphatic rings. The minimum Gasteiger partial charge on any atom is -0.508 e. The van der Waals surface area contributed by atoms with E-state index in [-0.39, 0.29) is 5.02 Å². The van der Waals surface area contributed by atoms with Crippen molar-refractivity contribution in [2.75, 3.05) is 31.5 Å². The Labute approximate surface area is 156 Å². The van der Waals surface area contributed by atoms with Crippen molar-refractivity contribution in [1.29, 1.82) is 0 Å². The Morgan fingerprint density at radius 2 is 1.92 bits per heavy atom. The summed E-state index contributed by atoms with van der Waals surface area (Å²) in [6.07, 6.45) is 0. The smallest absolute Gasteiger partial charge is 0.173 e. The second-order valence-corrected chi connectivity index (χ2v) is 6.79. The number of halogens is 2. The lowest BCUT2D eigenvalue weighted by molar-refractivity contribution is 0.177. The lowest BCUT2D eigenvalue weighted by Gasteiger charge is -2.36. The van der Waals surface area contributed by atoms with E-state index in [1.54, 1.807) is 18.2 Å². The lowest BCUT2D eigenvalue weighted by atomic mass is 10.2. The van der Waals surface area contributed by atoms with Crippen LogP contribution in [0.2, 0.25) is 5.02 Å². The maximum Gasteiger partial charge on any atom is 0.173 e. The number of nitrogens with zero attached hydrogens (tertiary/aromatic N) is 2. The summed E-state index contributed by atoms with van der Waals surface area (Å²) in [6, 6.07) is 11.8. The fraction of sp³-hybridized carbons (Fsp3) is 0.278. The van der Waals surface area contributed by atoms with E-state index < -0.39 is 5.82 Å². The highest BCUT2D eigenvalue weighted by Crippen LogP contribution is 2.20. The van der Waals surface area contributed by atoms with Crippen LogP contribution < -0.4 is 5.32 Å². The highest BCUT2D eigenvalue weighted by atomic mass is 35.5. The molecule has 2 aromatic carbocycles. The highest BCUT2D eigenvalue weighted by Gasteiger charge is 2.19. The fourth-order valence-corrected chi connectivity index (χ4v) is 3.28. The van der Waals surface area contributed by atoms with E-state index in [2.05, 4.69) is 15.1 Å². The van der Waals surface area contributed by atoms with Gasteiger partial charge in [-0.1, -0.05) is 23.7 Å². The molecule has 2 aromatic rings. The van der Waals surface area contributed by atoms with Gasteiger partial charge in [-0.25, -0.2) is 4.39 Å². The van der Waals surface area contributed by atoms with E-state index >= 15 is 0 Å². The van der Waals surface area contributed by atoms with Gasteiger partial charge in [0.05, 0.1) is 5.02 Å². The maximum atomic E-state index is 13.2. The first kappa shape index (κ1) is 17.9. The van der Waals surface area contributed by atoms with Gasteiger partial charge >= 0.3 is 0 Å². The molecule has 0 saturated carbocycles. The number of benzene rings is 2. The van der Waals surface area contributed by atoms with E-state index in [1.807, 2.05) is 12.1 Å². The monoisotopic (exact) mass is 379 g/mol. The normalized spacial score (nSPS) is 15.2. The highest BCUT2D eigenvalue weighted by molar-refractivity contribution is 7.80. The van der Waals surface area contributed by atoms with Gasteiger partial charge in [0, 0.05) is 38.4 Å². The van der Waals surface area contributed by atoms with Gasteiger partial charge in [0.25, 0.3) is 0 Å². The summed E-state index contributed by atoms with van der Waals surface area (Å²) in [5.41, 5.74) is 1.77. The first-order valence-electron chi connectivity index (χ1n) is 8.02. The van der Waals surface area contributed by atoms with Crippen molar-refractivity contribution >= 4 is 34.6 Å². The minimum absolute atomic E-state index is 0.0729. The summed E-state index contributed by atoms with van der Waals surface area (Å²) < 4.78 is 13.2. The summed E-state index contributed by atoms with van der Waals surface area (Å²) in [6.45, 7) is 4.17. The van der Waals surface area contributed by atoms with Gasteiger partial charge in [-0.15, -0.1) is 0 Å². The van der Waals surface area contributed by atoms with Gasteiger partial charge in [0.15, 0.2) is 5.11 Å². The predicted molar refractivity (Wildman–Crippen MR) is 103 cm³/mol. The van der Waals surface area contributed by atoms with E-state index in [0.29, 0.717) is 16.5 Å². The first-order chi connectivity index (χ1) is 12.0. The van der Waals surface area contributed by atoms with Gasteiger partial charge in [0.2, 0.25) is 0 Å². The van der Waals surface area contributed by atoms with Gasteiger partial charge in [-0.2, -0.15) is 0 Å². The van der Waals surface area contributed by atoms with Crippen molar-refractivity contribution < 1.29 is 9.50 Å². The molecule has 25 heavy (non-hydrogen) atoms. The zero-order chi connectivity index (χ0) is 17.8. The number of thiocarbonyl (C=S) groups is 1. The Balaban J connectivity index is 1.51. The number of phenols is 1. The maximum absolute atomic E-state index is 13.2. The van der Waals surface area contributed by atoms with Crippen molar-refractivity contribution in [3.8, 4) is 5.75 Å². The molecular weight excluding hydrogens is 361 g/mol. The molecule has 3 rings (SSSR count). The van der Waals surface area contributed by atoms with Crippen molar-refractivity contribution in [2.24, 2.45) is 0 Å². The van der Waals surface area contributed by atoms with Crippen molar-refractivity contribution in [1.82, 2.24) is 9.80 Å². The minimum atomic E-state index is -0.446. The van der Waals surface area contributed by atoms with Crippen LogP contribution in [0.1, 0.15) is 5.56 Å². The van der Waals surface area contributed by atoms with Crippen LogP contribution in [0.25, 0.3) is 0 Å². The van der Waals surface area contributed by atoms with Crippen LogP contribution in [0.3, 0.4) is 0 Å². The third-order valence-corrected chi connectivity index (χ3v) is 4.80. The predicted octanol–water partition coefficient (Wildman–Crippen LogP) is 3.70. The summed E-state index contributed by atoms with van der Waals surface area (Å²) in [5, 5.41) is 13.3. The van der Waals surface area contributed by atoms with E-state index in [4.69, 9.17) is 23.8 Å². The summed E-state index contributed by atoms with van der Waals surface area (Å²) >= 11 is 11.2. The number of piperazine rings is 1. The molecule has 1 heterocycles. The average Bonchev–Trinajstić information content (AvgIpc) is 2.59. The van der Waals surface area contributed by atoms with Crippen LogP contribution >= 0.6 is 23.8 Å². The topological polar surface area (TPSA) is 38.7 Å². The van der Waals surface area contributed by atoms with E-state index in [0.717, 1.165) is 38.3 Å². The fourth-order valence-electron chi connectivity index (χ4n) is 2.80. The summed E-state index contributed by atoms with van der Waals surface area (Å²) in [4.78, 5) is 4.41. The number of hydrogen-bond donors (Lipinski definition) is 2. The largest absolute Gasteiger partial charge is 0.508 e. The standard InChI is InChI=1S/C18H19ClFN3OS/c19-16-11-14(4-5-17(16)20)21-18(25)23-8-6-22(7-9-23)12-13-2-1-3-15(24)10-13/h1-5,10-11,24H,6-9,12H2,(H,21,25). The Morgan fingerprint density at radius 3 is 2.60 bits per heavy atom.